The van der Waals surface area contributed by atoms with E-state index < -0.39 is 5.91 Å². The maximum atomic E-state index is 11.6. The van der Waals surface area contributed by atoms with E-state index in [-0.39, 0.29) is 0 Å². The predicted molar refractivity (Wildman–Crippen MR) is 119 cm³/mol. The fourth-order valence-electron chi connectivity index (χ4n) is 3.13. The number of hydrogen-bond donors (Lipinski definition) is 1. The maximum absolute atomic E-state index is 11.6. The molecule has 0 unspecified atom stereocenters. The third kappa shape index (κ3) is 4.34. The van der Waals surface area contributed by atoms with Crippen molar-refractivity contribution in [1.29, 1.82) is 0 Å². The number of ether oxygens (including phenoxy) is 1. The molecule has 0 spiro atoms. The van der Waals surface area contributed by atoms with Gasteiger partial charge in [0.25, 0.3) is 0 Å². The second kappa shape index (κ2) is 8.52. The number of nitrogens with two attached hydrogens (primary N) is 1. The number of halogens is 1. The van der Waals surface area contributed by atoms with Gasteiger partial charge in [-0.3, -0.25) is 4.79 Å². The van der Waals surface area contributed by atoms with E-state index in [1.165, 1.54) is 0 Å². The molecule has 0 atom stereocenters. The monoisotopic (exact) mass is 419 g/mol. The molecule has 0 radical (unpaired) electrons. The number of hydrogen-bond acceptors (Lipinski definition) is 3. The molecular weight excluding hydrogens is 402 g/mol. The van der Waals surface area contributed by atoms with Crippen LogP contribution in [0.5, 0.6) is 5.75 Å². The number of amides is 1. The molecule has 1 aromatic heterocycles. The van der Waals surface area contributed by atoms with Crippen LogP contribution in [0.2, 0.25) is 5.02 Å². The molecule has 0 aliphatic carbocycles. The van der Waals surface area contributed by atoms with Crippen LogP contribution in [-0.4, -0.2) is 5.91 Å². The van der Waals surface area contributed by atoms with Crippen molar-refractivity contribution >= 4 is 28.8 Å². The van der Waals surface area contributed by atoms with Crippen molar-refractivity contribution in [3.8, 4) is 27.3 Å². The van der Waals surface area contributed by atoms with Crippen LogP contribution in [0, 0.1) is 0 Å². The van der Waals surface area contributed by atoms with E-state index in [4.69, 9.17) is 22.1 Å². The topological polar surface area (TPSA) is 52.3 Å². The van der Waals surface area contributed by atoms with E-state index in [0.717, 1.165) is 32.9 Å². The summed E-state index contributed by atoms with van der Waals surface area (Å²) < 4.78 is 6.13. The van der Waals surface area contributed by atoms with Crippen LogP contribution in [0.15, 0.2) is 84.2 Å². The van der Waals surface area contributed by atoms with Crippen LogP contribution in [0.1, 0.15) is 15.9 Å². The summed E-state index contributed by atoms with van der Waals surface area (Å²) in [7, 11) is 0. The van der Waals surface area contributed by atoms with Crippen molar-refractivity contribution in [2.75, 3.05) is 0 Å². The van der Waals surface area contributed by atoms with Crippen molar-refractivity contribution in [3.05, 3.63) is 100 Å². The lowest BCUT2D eigenvalue weighted by molar-refractivity contribution is 0.100. The number of carbonyl (C=O) groups excluding carboxylic acids is 1. The molecule has 0 aliphatic rings. The van der Waals surface area contributed by atoms with Gasteiger partial charge in [-0.1, -0.05) is 54.1 Å². The van der Waals surface area contributed by atoms with Crippen LogP contribution in [0.25, 0.3) is 21.6 Å². The lowest BCUT2D eigenvalue weighted by atomic mass is 10.0. The number of carbonyl (C=O) groups is 1. The fraction of sp³-hybridized carbons (Fsp3) is 0.0417. The standard InChI is InChI=1S/C24H18ClNO2S/c25-19-9-10-22(28-15-16-5-2-1-3-6-16)21(14-19)20-11-12-29-23(20)17-7-4-8-18(13-17)24(26)27/h1-14H,15H2,(H2,26,27). The molecule has 1 amide bonds. The molecule has 5 heteroatoms. The van der Waals surface area contributed by atoms with Crippen molar-refractivity contribution in [3.63, 3.8) is 0 Å². The van der Waals surface area contributed by atoms with Crippen molar-refractivity contribution < 1.29 is 9.53 Å². The molecule has 2 N–H and O–H groups in total. The van der Waals surface area contributed by atoms with Gasteiger partial charge in [-0.15, -0.1) is 11.3 Å². The molecule has 29 heavy (non-hydrogen) atoms. The first-order valence-electron chi connectivity index (χ1n) is 9.06. The summed E-state index contributed by atoms with van der Waals surface area (Å²) in [4.78, 5) is 12.6. The van der Waals surface area contributed by atoms with E-state index in [1.54, 1.807) is 17.4 Å². The molecule has 3 nitrogen and oxygen atoms in total. The van der Waals surface area contributed by atoms with E-state index in [9.17, 15) is 4.79 Å². The predicted octanol–water partition coefficient (Wildman–Crippen LogP) is 6.41. The molecule has 0 bridgehead atoms. The van der Waals surface area contributed by atoms with Gasteiger partial charge in [-0.25, -0.2) is 0 Å². The smallest absolute Gasteiger partial charge is 0.248 e. The van der Waals surface area contributed by atoms with Crippen molar-refractivity contribution in [1.82, 2.24) is 0 Å². The fourth-order valence-corrected chi connectivity index (χ4v) is 4.21. The highest BCUT2D eigenvalue weighted by atomic mass is 35.5. The molecule has 4 rings (SSSR count). The Bertz CT molecular complexity index is 1150. The Kier molecular flexibility index (Phi) is 5.65. The Labute approximate surface area is 178 Å². The highest BCUT2D eigenvalue weighted by Gasteiger charge is 2.15. The second-order valence-corrected chi connectivity index (χ2v) is 7.88. The molecule has 3 aromatic carbocycles. The van der Waals surface area contributed by atoms with Gasteiger partial charge in [0, 0.05) is 26.6 Å². The molecule has 144 valence electrons. The second-order valence-electron chi connectivity index (χ2n) is 6.52. The zero-order valence-electron chi connectivity index (χ0n) is 15.5. The Morgan fingerprint density at radius 1 is 0.931 bits per heavy atom. The Hall–Kier alpha value is -3.08. The average Bonchev–Trinajstić information content (AvgIpc) is 3.23. The normalized spacial score (nSPS) is 10.7. The van der Waals surface area contributed by atoms with Gasteiger partial charge >= 0.3 is 0 Å². The zero-order valence-corrected chi connectivity index (χ0v) is 17.0. The number of primary amides is 1. The van der Waals surface area contributed by atoms with Gasteiger partial charge in [0.15, 0.2) is 0 Å². The van der Waals surface area contributed by atoms with Crippen molar-refractivity contribution in [2.45, 2.75) is 6.61 Å². The average molecular weight is 420 g/mol. The summed E-state index contributed by atoms with van der Waals surface area (Å²) in [5.41, 5.74) is 9.87. The summed E-state index contributed by atoms with van der Waals surface area (Å²) >= 11 is 7.90. The summed E-state index contributed by atoms with van der Waals surface area (Å²) in [6.07, 6.45) is 0. The number of thiophene rings is 1. The quantitative estimate of drug-likeness (QED) is 0.392. The van der Waals surface area contributed by atoms with Crippen LogP contribution in [0.3, 0.4) is 0 Å². The highest BCUT2D eigenvalue weighted by Crippen LogP contribution is 2.42. The minimum atomic E-state index is -0.445. The molecular formula is C24H18ClNO2S. The first kappa shape index (κ1) is 19.2. The minimum Gasteiger partial charge on any atom is -0.488 e. The van der Waals surface area contributed by atoms with Gasteiger partial charge in [-0.05, 0) is 52.9 Å². The SMILES string of the molecule is NC(=O)c1cccc(-c2sccc2-c2cc(Cl)ccc2OCc2ccccc2)c1. The molecule has 0 saturated carbocycles. The van der Waals surface area contributed by atoms with Gasteiger partial charge in [0.2, 0.25) is 5.91 Å². The van der Waals surface area contributed by atoms with E-state index >= 15 is 0 Å². The van der Waals surface area contributed by atoms with Crippen LogP contribution in [0.4, 0.5) is 0 Å². The lowest BCUT2D eigenvalue weighted by Gasteiger charge is -2.13. The van der Waals surface area contributed by atoms with E-state index in [1.807, 2.05) is 78.2 Å². The third-order valence-corrected chi connectivity index (χ3v) is 5.74. The minimum absolute atomic E-state index is 0.445. The first-order chi connectivity index (χ1) is 14.1. The summed E-state index contributed by atoms with van der Waals surface area (Å²) in [6, 6.07) is 25.0. The number of rotatable bonds is 6. The van der Waals surface area contributed by atoms with Crippen molar-refractivity contribution in [2.24, 2.45) is 5.73 Å². The Balaban J connectivity index is 1.73. The Morgan fingerprint density at radius 3 is 2.55 bits per heavy atom. The molecule has 0 fully saturated rings. The maximum Gasteiger partial charge on any atom is 0.248 e. The molecule has 0 aliphatic heterocycles. The van der Waals surface area contributed by atoms with Gasteiger partial charge in [-0.2, -0.15) is 0 Å². The molecule has 4 aromatic rings. The van der Waals surface area contributed by atoms with Crippen LogP contribution >= 0.6 is 22.9 Å². The largest absolute Gasteiger partial charge is 0.488 e. The van der Waals surface area contributed by atoms with E-state index in [0.29, 0.717) is 17.2 Å². The zero-order chi connectivity index (χ0) is 20.2. The first-order valence-corrected chi connectivity index (χ1v) is 10.3. The van der Waals surface area contributed by atoms with Gasteiger partial charge in [0.05, 0.1) is 0 Å². The lowest BCUT2D eigenvalue weighted by Crippen LogP contribution is -2.10. The number of benzene rings is 3. The van der Waals surface area contributed by atoms with Gasteiger partial charge < -0.3 is 10.5 Å². The summed E-state index contributed by atoms with van der Waals surface area (Å²) in [6.45, 7) is 0.464. The molecule has 1 heterocycles. The van der Waals surface area contributed by atoms with Gasteiger partial charge in [0.1, 0.15) is 12.4 Å². The Morgan fingerprint density at radius 2 is 1.76 bits per heavy atom. The highest BCUT2D eigenvalue weighted by molar-refractivity contribution is 7.14. The summed E-state index contributed by atoms with van der Waals surface area (Å²) in [5.74, 6) is 0.309. The molecule has 0 saturated heterocycles. The van der Waals surface area contributed by atoms with E-state index in [2.05, 4.69) is 0 Å². The third-order valence-electron chi connectivity index (χ3n) is 4.54. The van der Waals surface area contributed by atoms with Crippen LogP contribution in [-0.2, 0) is 6.61 Å². The summed E-state index contributed by atoms with van der Waals surface area (Å²) in [5, 5.41) is 2.65. The van der Waals surface area contributed by atoms with Crippen LogP contribution < -0.4 is 10.5 Å².